The Kier molecular flexibility index (Phi) is 4.23. The van der Waals surface area contributed by atoms with E-state index in [0.717, 1.165) is 5.56 Å². The van der Waals surface area contributed by atoms with Crippen LogP contribution in [-0.2, 0) is 4.79 Å². The number of carbonyl (C=O) groups excluding carboxylic acids is 2. The molecule has 0 aliphatic rings. The van der Waals surface area contributed by atoms with Gasteiger partial charge in [-0.15, -0.1) is 0 Å². The summed E-state index contributed by atoms with van der Waals surface area (Å²) in [6, 6.07) is 4.89. The van der Waals surface area contributed by atoms with Crippen LogP contribution in [0.15, 0.2) is 18.2 Å². The van der Waals surface area contributed by atoms with Crippen LogP contribution in [0, 0.1) is 12.8 Å². The van der Waals surface area contributed by atoms with E-state index in [4.69, 9.17) is 11.5 Å². The molecule has 1 aromatic carbocycles. The first-order chi connectivity index (χ1) is 7.95. The van der Waals surface area contributed by atoms with Crippen LogP contribution in [0.4, 0.5) is 5.69 Å². The molecule has 1 aromatic rings. The molecule has 0 fully saturated rings. The molecule has 1 unspecified atom stereocenters. The Labute approximate surface area is 100 Å². The highest BCUT2D eigenvalue weighted by Crippen LogP contribution is 2.17. The maximum absolute atomic E-state index is 11.6. The molecule has 5 heteroatoms. The molecular weight excluding hydrogens is 218 g/mol. The number of carbonyl (C=O) groups is 2. The van der Waals surface area contributed by atoms with Gasteiger partial charge in [0.1, 0.15) is 0 Å². The third-order valence-electron chi connectivity index (χ3n) is 2.57. The molecule has 0 heterocycles. The summed E-state index contributed by atoms with van der Waals surface area (Å²) in [4.78, 5) is 22.6. The zero-order valence-corrected chi connectivity index (χ0v) is 9.99. The number of nitrogens with two attached hydrogens (primary N) is 2. The van der Waals surface area contributed by atoms with E-state index in [1.54, 1.807) is 32.0 Å². The van der Waals surface area contributed by atoms with Crippen molar-refractivity contribution >= 4 is 17.5 Å². The smallest absolute Gasteiger partial charge is 0.248 e. The molecule has 1 rings (SSSR count). The second-order valence-corrected chi connectivity index (χ2v) is 4.02. The van der Waals surface area contributed by atoms with E-state index in [-0.39, 0.29) is 11.8 Å². The molecule has 2 amide bonds. The average molecular weight is 235 g/mol. The van der Waals surface area contributed by atoms with Crippen molar-refractivity contribution in [2.24, 2.45) is 17.4 Å². The molecule has 0 saturated heterocycles. The van der Waals surface area contributed by atoms with Crippen LogP contribution in [0.1, 0.15) is 22.8 Å². The number of primary amides is 1. The van der Waals surface area contributed by atoms with Crippen molar-refractivity contribution in [1.82, 2.24) is 0 Å². The Morgan fingerprint density at radius 2 is 2.06 bits per heavy atom. The van der Waals surface area contributed by atoms with Gasteiger partial charge in [-0.1, -0.05) is 6.92 Å². The number of anilines is 1. The van der Waals surface area contributed by atoms with Crippen LogP contribution in [-0.4, -0.2) is 18.4 Å². The standard InChI is InChI=1S/C12H17N3O2/c1-7-5-9(11(14)16)3-4-10(7)15-12(17)8(2)6-13/h3-5,8H,6,13H2,1-2H3,(H2,14,16)(H,15,17). The predicted octanol–water partition coefficient (Wildman–Crippen LogP) is 0.627. The molecule has 0 radical (unpaired) electrons. The highest BCUT2D eigenvalue weighted by molar-refractivity contribution is 5.96. The molecule has 1 atom stereocenters. The highest BCUT2D eigenvalue weighted by atomic mass is 16.2. The van der Waals surface area contributed by atoms with E-state index >= 15 is 0 Å². The summed E-state index contributed by atoms with van der Waals surface area (Å²) in [6.45, 7) is 3.85. The van der Waals surface area contributed by atoms with Crippen LogP contribution in [0.25, 0.3) is 0 Å². The topological polar surface area (TPSA) is 98.2 Å². The van der Waals surface area contributed by atoms with E-state index in [2.05, 4.69) is 5.32 Å². The maximum atomic E-state index is 11.6. The number of nitrogens with one attached hydrogen (secondary N) is 1. The van der Waals surface area contributed by atoms with Crippen molar-refractivity contribution in [1.29, 1.82) is 0 Å². The predicted molar refractivity (Wildman–Crippen MR) is 66.5 cm³/mol. The molecule has 5 nitrogen and oxygen atoms in total. The van der Waals surface area contributed by atoms with E-state index < -0.39 is 5.91 Å². The molecule has 0 spiro atoms. The van der Waals surface area contributed by atoms with Gasteiger partial charge in [0.25, 0.3) is 0 Å². The van der Waals surface area contributed by atoms with Crippen LogP contribution < -0.4 is 16.8 Å². The Morgan fingerprint density at radius 1 is 1.41 bits per heavy atom. The monoisotopic (exact) mass is 235 g/mol. The summed E-state index contributed by atoms with van der Waals surface area (Å²) in [6.07, 6.45) is 0. The van der Waals surface area contributed by atoms with Crippen molar-refractivity contribution in [3.63, 3.8) is 0 Å². The molecule has 0 aliphatic carbocycles. The second kappa shape index (κ2) is 5.45. The van der Waals surface area contributed by atoms with Crippen molar-refractivity contribution < 1.29 is 9.59 Å². The first kappa shape index (κ1) is 13.2. The third kappa shape index (κ3) is 3.29. The fraction of sp³-hybridized carbons (Fsp3) is 0.333. The molecule has 0 saturated carbocycles. The lowest BCUT2D eigenvalue weighted by Gasteiger charge is -2.12. The second-order valence-electron chi connectivity index (χ2n) is 4.02. The van der Waals surface area contributed by atoms with Gasteiger partial charge in [0.15, 0.2) is 0 Å². The fourth-order valence-electron chi connectivity index (χ4n) is 1.32. The number of hydrogen-bond donors (Lipinski definition) is 3. The first-order valence-corrected chi connectivity index (χ1v) is 5.37. The molecule has 0 aliphatic heterocycles. The number of hydrogen-bond acceptors (Lipinski definition) is 3. The van der Waals surface area contributed by atoms with Gasteiger partial charge in [0, 0.05) is 23.7 Å². The normalized spacial score (nSPS) is 11.9. The van der Waals surface area contributed by atoms with Gasteiger partial charge in [0.2, 0.25) is 11.8 Å². The Balaban J connectivity index is 2.86. The molecule has 92 valence electrons. The molecule has 5 N–H and O–H groups in total. The maximum Gasteiger partial charge on any atom is 0.248 e. The molecule has 0 bridgehead atoms. The van der Waals surface area contributed by atoms with Crippen LogP contribution in [0.5, 0.6) is 0 Å². The number of amides is 2. The summed E-state index contributed by atoms with van der Waals surface area (Å²) in [5.74, 6) is -0.867. The van der Waals surface area contributed by atoms with E-state index in [9.17, 15) is 9.59 Å². The van der Waals surface area contributed by atoms with Crippen LogP contribution in [0.3, 0.4) is 0 Å². The third-order valence-corrected chi connectivity index (χ3v) is 2.57. The van der Waals surface area contributed by atoms with E-state index in [0.29, 0.717) is 17.8 Å². The number of rotatable bonds is 4. The van der Waals surface area contributed by atoms with Gasteiger partial charge in [-0.05, 0) is 30.7 Å². The minimum Gasteiger partial charge on any atom is -0.366 e. The molecule has 17 heavy (non-hydrogen) atoms. The minimum absolute atomic E-state index is 0.137. The Bertz CT molecular complexity index is 443. The quantitative estimate of drug-likeness (QED) is 0.713. The van der Waals surface area contributed by atoms with Gasteiger partial charge >= 0.3 is 0 Å². The number of benzene rings is 1. The largest absolute Gasteiger partial charge is 0.366 e. The summed E-state index contributed by atoms with van der Waals surface area (Å²) in [5.41, 5.74) is 12.4. The van der Waals surface area contributed by atoms with Gasteiger partial charge in [0.05, 0.1) is 0 Å². The van der Waals surface area contributed by atoms with Crippen molar-refractivity contribution in [3.8, 4) is 0 Å². The highest BCUT2D eigenvalue weighted by Gasteiger charge is 2.12. The first-order valence-electron chi connectivity index (χ1n) is 5.37. The zero-order chi connectivity index (χ0) is 13.0. The van der Waals surface area contributed by atoms with E-state index in [1.807, 2.05) is 0 Å². The lowest BCUT2D eigenvalue weighted by molar-refractivity contribution is -0.119. The van der Waals surface area contributed by atoms with Crippen LogP contribution >= 0.6 is 0 Å². The lowest BCUT2D eigenvalue weighted by atomic mass is 10.1. The zero-order valence-electron chi connectivity index (χ0n) is 9.99. The summed E-state index contributed by atoms with van der Waals surface area (Å²) in [5, 5.41) is 2.76. The van der Waals surface area contributed by atoms with Gasteiger partial charge < -0.3 is 16.8 Å². The molecular formula is C12H17N3O2. The van der Waals surface area contributed by atoms with E-state index in [1.165, 1.54) is 0 Å². The van der Waals surface area contributed by atoms with Gasteiger partial charge in [-0.2, -0.15) is 0 Å². The SMILES string of the molecule is Cc1cc(C(N)=O)ccc1NC(=O)C(C)CN. The van der Waals surface area contributed by atoms with Gasteiger partial charge in [-0.25, -0.2) is 0 Å². The summed E-state index contributed by atoms with van der Waals surface area (Å²) >= 11 is 0. The lowest BCUT2D eigenvalue weighted by Crippen LogP contribution is -2.27. The Morgan fingerprint density at radius 3 is 2.53 bits per heavy atom. The molecule has 0 aromatic heterocycles. The Hall–Kier alpha value is -1.88. The summed E-state index contributed by atoms with van der Waals surface area (Å²) in [7, 11) is 0. The van der Waals surface area contributed by atoms with Crippen LogP contribution in [0.2, 0.25) is 0 Å². The fourth-order valence-corrected chi connectivity index (χ4v) is 1.32. The minimum atomic E-state index is -0.485. The van der Waals surface area contributed by atoms with Gasteiger partial charge in [-0.3, -0.25) is 9.59 Å². The number of aryl methyl sites for hydroxylation is 1. The average Bonchev–Trinajstić information content (AvgIpc) is 2.30. The van der Waals surface area contributed by atoms with Crippen molar-refractivity contribution in [3.05, 3.63) is 29.3 Å². The summed E-state index contributed by atoms with van der Waals surface area (Å²) < 4.78 is 0. The van der Waals surface area contributed by atoms with Crippen molar-refractivity contribution in [2.45, 2.75) is 13.8 Å². The van der Waals surface area contributed by atoms with Crippen molar-refractivity contribution in [2.75, 3.05) is 11.9 Å².